The highest BCUT2D eigenvalue weighted by molar-refractivity contribution is 6.30. The number of H-pyrrole nitrogens is 1. The van der Waals surface area contributed by atoms with Crippen molar-refractivity contribution in [3.05, 3.63) is 64.3 Å². The van der Waals surface area contributed by atoms with Crippen molar-refractivity contribution in [2.75, 3.05) is 0 Å². The highest BCUT2D eigenvalue weighted by Crippen LogP contribution is 2.31. The number of rotatable bonds is 5. The van der Waals surface area contributed by atoms with E-state index in [0.717, 1.165) is 12.1 Å². The highest BCUT2D eigenvalue weighted by Gasteiger charge is 2.31. The smallest absolute Gasteiger partial charge is 0.550 e. The fraction of sp³-hybridized carbons (Fsp3) is 0.111. The largest absolute Gasteiger partial charge is 0.573 e. The van der Waals surface area contributed by atoms with Crippen molar-refractivity contribution < 1.29 is 32.6 Å². The number of carbonyl (C=O) groups excluding carboxylic acids is 2. The lowest BCUT2D eigenvalue weighted by atomic mass is 10.0. The Kier molecular flexibility index (Phi) is 4.84. The molecule has 3 aromatic rings. The van der Waals surface area contributed by atoms with Crippen molar-refractivity contribution in [1.29, 1.82) is 0 Å². The van der Waals surface area contributed by atoms with Crippen LogP contribution in [0.2, 0.25) is 5.02 Å². The molecule has 1 N–H and O–H groups in total. The minimum Gasteiger partial charge on any atom is -0.550 e. The van der Waals surface area contributed by atoms with E-state index >= 15 is 0 Å². The van der Waals surface area contributed by atoms with Gasteiger partial charge in [-0.25, -0.2) is 0 Å². The standard InChI is InChI=1S/C18H11ClF3NO4/c19-10-3-1-9(2-4-10)17(26)16-13(8-15(24)25)12-7-11(27-18(20,21)22)5-6-14(12)23-16/h1-7,23H,8H2,(H,24,25)/p-1. The van der Waals surface area contributed by atoms with Gasteiger partial charge >= 0.3 is 6.36 Å². The third kappa shape index (κ3) is 4.22. The van der Waals surface area contributed by atoms with Crippen LogP contribution in [-0.4, -0.2) is 23.1 Å². The molecule has 0 saturated carbocycles. The van der Waals surface area contributed by atoms with Gasteiger partial charge in [0.05, 0.1) is 5.69 Å². The van der Waals surface area contributed by atoms with Gasteiger partial charge in [-0.05, 0) is 48.0 Å². The molecule has 0 aliphatic rings. The minimum absolute atomic E-state index is 0.0116. The number of carbonyl (C=O) groups is 2. The summed E-state index contributed by atoms with van der Waals surface area (Å²) in [6, 6.07) is 9.25. The van der Waals surface area contributed by atoms with Crippen molar-refractivity contribution in [3.63, 3.8) is 0 Å². The fourth-order valence-corrected chi connectivity index (χ4v) is 2.82. The van der Waals surface area contributed by atoms with E-state index in [1.54, 1.807) is 0 Å². The van der Waals surface area contributed by atoms with E-state index in [4.69, 9.17) is 11.6 Å². The van der Waals surface area contributed by atoms with Gasteiger partial charge in [0, 0.05) is 33.9 Å². The molecule has 0 atom stereocenters. The zero-order valence-electron chi connectivity index (χ0n) is 13.4. The van der Waals surface area contributed by atoms with Crippen LogP contribution in [0.5, 0.6) is 5.75 Å². The molecule has 0 unspecified atom stereocenters. The summed E-state index contributed by atoms with van der Waals surface area (Å²) in [6.07, 6.45) is -5.56. The van der Waals surface area contributed by atoms with E-state index < -0.39 is 30.3 Å². The van der Waals surface area contributed by atoms with Gasteiger partial charge in [0.25, 0.3) is 0 Å². The number of halogens is 4. The molecule has 9 heteroatoms. The van der Waals surface area contributed by atoms with Gasteiger partial charge in [0.2, 0.25) is 5.78 Å². The summed E-state index contributed by atoms with van der Waals surface area (Å²) >= 11 is 5.79. The van der Waals surface area contributed by atoms with Crippen LogP contribution in [0.3, 0.4) is 0 Å². The van der Waals surface area contributed by atoms with Crippen molar-refractivity contribution in [3.8, 4) is 5.75 Å². The van der Waals surface area contributed by atoms with Crippen molar-refractivity contribution in [2.24, 2.45) is 0 Å². The van der Waals surface area contributed by atoms with Gasteiger partial charge in [0.1, 0.15) is 5.75 Å². The third-order valence-electron chi connectivity index (χ3n) is 3.77. The fourth-order valence-electron chi connectivity index (χ4n) is 2.69. The molecule has 0 bridgehead atoms. The van der Waals surface area contributed by atoms with Gasteiger partial charge in [-0.1, -0.05) is 11.6 Å². The number of hydrogen-bond donors (Lipinski definition) is 1. The van der Waals surface area contributed by atoms with Crippen LogP contribution >= 0.6 is 11.6 Å². The number of ether oxygens (including phenoxy) is 1. The molecule has 1 aromatic heterocycles. The molecule has 0 fully saturated rings. The molecule has 0 aliphatic carbocycles. The van der Waals surface area contributed by atoms with Crippen LogP contribution in [0.25, 0.3) is 10.9 Å². The molecule has 5 nitrogen and oxygen atoms in total. The minimum atomic E-state index is -4.90. The molecule has 0 radical (unpaired) electrons. The lowest BCUT2D eigenvalue weighted by Gasteiger charge is -2.09. The second kappa shape index (κ2) is 6.96. The van der Waals surface area contributed by atoms with Crippen LogP contribution in [-0.2, 0) is 11.2 Å². The SMILES string of the molecule is O=C([O-])Cc1c(C(=O)c2ccc(Cl)cc2)[nH]c2ccc(OC(F)(F)F)cc12. The first-order valence-electron chi connectivity index (χ1n) is 7.54. The lowest BCUT2D eigenvalue weighted by Crippen LogP contribution is -2.25. The van der Waals surface area contributed by atoms with E-state index in [1.165, 1.54) is 30.3 Å². The summed E-state index contributed by atoms with van der Waals surface area (Å²) in [5, 5.41) is 11.6. The predicted molar refractivity (Wildman–Crippen MR) is 88.6 cm³/mol. The average Bonchev–Trinajstić information content (AvgIpc) is 2.91. The Morgan fingerprint density at radius 3 is 2.37 bits per heavy atom. The predicted octanol–water partition coefficient (Wildman–Crippen LogP) is 3.24. The van der Waals surface area contributed by atoms with E-state index in [0.29, 0.717) is 5.02 Å². The van der Waals surface area contributed by atoms with Gasteiger partial charge < -0.3 is 19.6 Å². The third-order valence-corrected chi connectivity index (χ3v) is 4.02. The first-order chi connectivity index (χ1) is 12.6. The number of fused-ring (bicyclic) bond motifs is 1. The number of ketones is 1. The van der Waals surface area contributed by atoms with Crippen LogP contribution < -0.4 is 9.84 Å². The average molecular weight is 397 g/mol. The first-order valence-corrected chi connectivity index (χ1v) is 7.92. The van der Waals surface area contributed by atoms with Crippen LogP contribution in [0.4, 0.5) is 13.2 Å². The zero-order valence-corrected chi connectivity index (χ0v) is 14.1. The number of aromatic amines is 1. The summed E-state index contributed by atoms with van der Waals surface area (Å²) in [7, 11) is 0. The number of carboxylic acids is 1. The molecular formula is C18H10ClF3NO4-. The number of aromatic nitrogens is 1. The van der Waals surface area contributed by atoms with E-state index in [9.17, 15) is 27.9 Å². The van der Waals surface area contributed by atoms with Crippen LogP contribution in [0.1, 0.15) is 21.6 Å². The Balaban J connectivity index is 2.12. The second-order valence-electron chi connectivity index (χ2n) is 5.62. The van der Waals surface area contributed by atoms with Crippen molar-refractivity contribution in [1.82, 2.24) is 4.98 Å². The number of carboxylic acid groups (broad SMARTS) is 1. The zero-order chi connectivity index (χ0) is 19.8. The lowest BCUT2D eigenvalue weighted by molar-refractivity contribution is -0.304. The van der Waals surface area contributed by atoms with Gasteiger partial charge in [-0.2, -0.15) is 0 Å². The number of alkyl halides is 3. The summed E-state index contributed by atoms with van der Waals surface area (Å²) in [5.74, 6) is -2.54. The van der Waals surface area contributed by atoms with Crippen molar-refractivity contribution >= 4 is 34.3 Å². The maximum Gasteiger partial charge on any atom is 0.573 e. The molecule has 0 amide bonds. The maximum atomic E-state index is 12.7. The number of aliphatic carboxylic acids is 1. The topological polar surface area (TPSA) is 82.2 Å². The number of hydrogen-bond acceptors (Lipinski definition) is 4. The summed E-state index contributed by atoms with van der Waals surface area (Å²) in [6.45, 7) is 0. The Bertz CT molecular complexity index is 1030. The van der Waals surface area contributed by atoms with E-state index in [1.807, 2.05) is 0 Å². The Labute approximate surface area is 155 Å². The van der Waals surface area contributed by atoms with Crippen LogP contribution in [0.15, 0.2) is 42.5 Å². The van der Waals surface area contributed by atoms with E-state index in [-0.39, 0.29) is 27.7 Å². The molecule has 0 saturated heterocycles. The Hall–Kier alpha value is -3.00. The molecule has 0 spiro atoms. The summed E-state index contributed by atoms with van der Waals surface area (Å²) < 4.78 is 41.2. The van der Waals surface area contributed by atoms with Gasteiger partial charge in [-0.15, -0.1) is 13.2 Å². The maximum absolute atomic E-state index is 12.7. The van der Waals surface area contributed by atoms with Gasteiger partial charge in [-0.3, -0.25) is 4.79 Å². The highest BCUT2D eigenvalue weighted by atomic mass is 35.5. The van der Waals surface area contributed by atoms with E-state index in [2.05, 4.69) is 9.72 Å². The molecule has 0 aliphatic heterocycles. The van der Waals surface area contributed by atoms with Gasteiger partial charge in [0.15, 0.2) is 0 Å². The Morgan fingerprint density at radius 2 is 1.78 bits per heavy atom. The second-order valence-corrected chi connectivity index (χ2v) is 6.05. The molecule has 27 heavy (non-hydrogen) atoms. The molecule has 2 aromatic carbocycles. The first kappa shape index (κ1) is 18.8. The summed E-state index contributed by atoms with van der Waals surface area (Å²) in [5.41, 5.74) is 0.480. The van der Waals surface area contributed by atoms with Crippen molar-refractivity contribution in [2.45, 2.75) is 12.8 Å². The summed E-state index contributed by atoms with van der Waals surface area (Å²) in [4.78, 5) is 26.6. The molecule has 3 rings (SSSR count). The molecular weight excluding hydrogens is 387 g/mol. The normalized spacial score (nSPS) is 11.6. The number of benzene rings is 2. The quantitative estimate of drug-likeness (QED) is 0.671. The monoisotopic (exact) mass is 396 g/mol. The number of nitrogens with one attached hydrogen (secondary N) is 1. The molecule has 140 valence electrons. The van der Waals surface area contributed by atoms with Crippen LogP contribution in [0, 0.1) is 0 Å². The molecule has 1 heterocycles. The Morgan fingerprint density at radius 1 is 1.11 bits per heavy atom.